The molecule has 4 aromatic rings. The first-order chi connectivity index (χ1) is 19.6. The van der Waals surface area contributed by atoms with E-state index in [1.165, 1.54) is 25.1 Å². The second-order valence-electron chi connectivity index (χ2n) is 9.87. The average molecular weight is 573 g/mol. The van der Waals surface area contributed by atoms with Crippen molar-refractivity contribution in [1.29, 1.82) is 0 Å². The minimum atomic E-state index is -0.106. The van der Waals surface area contributed by atoms with Crippen molar-refractivity contribution in [1.82, 2.24) is 9.97 Å². The van der Waals surface area contributed by atoms with Gasteiger partial charge in [-0.2, -0.15) is 0 Å². The number of aromatic nitrogens is 2. The highest BCUT2D eigenvalue weighted by Crippen LogP contribution is 2.52. The summed E-state index contributed by atoms with van der Waals surface area (Å²) in [5, 5.41) is 3.74. The fourth-order valence-electron chi connectivity index (χ4n) is 5.23. The zero-order valence-electron chi connectivity index (χ0n) is 22.6. The number of morpholine rings is 1. The third-order valence-corrected chi connectivity index (χ3v) is 9.84. The monoisotopic (exact) mass is 572 g/mol. The quantitative estimate of drug-likeness (QED) is 0.207. The Bertz CT molecular complexity index is 1560. The molecule has 0 spiro atoms. The van der Waals surface area contributed by atoms with E-state index in [2.05, 4.69) is 69.6 Å². The summed E-state index contributed by atoms with van der Waals surface area (Å²) in [5.74, 6) is 0.769. The van der Waals surface area contributed by atoms with Crippen molar-refractivity contribution in [3.63, 3.8) is 0 Å². The van der Waals surface area contributed by atoms with E-state index in [0.717, 1.165) is 29.8 Å². The second kappa shape index (κ2) is 12.0. The number of methoxy groups -OCH3 is 1. The third kappa shape index (κ3) is 5.59. The highest BCUT2D eigenvalue weighted by molar-refractivity contribution is 8.05. The fourth-order valence-corrected chi connectivity index (χ4v) is 7.68. The van der Waals surface area contributed by atoms with Crippen LogP contribution in [0.15, 0.2) is 97.6 Å². The van der Waals surface area contributed by atoms with E-state index in [9.17, 15) is 4.79 Å². The molecule has 2 unspecified atom stereocenters. The molecular formula is C31H32N4O3S2. The van der Waals surface area contributed by atoms with Gasteiger partial charge in [-0.3, -0.25) is 9.78 Å². The molecule has 2 N–H and O–H groups in total. The topological polar surface area (TPSA) is 79.5 Å². The first-order valence-corrected chi connectivity index (χ1v) is 15.2. The molecule has 0 saturated carbocycles. The molecule has 7 nitrogen and oxygen atoms in total. The number of aromatic amines is 1. The third-order valence-electron chi connectivity index (χ3n) is 7.23. The number of hydrogen-bond acceptors (Lipinski definition) is 8. The first kappa shape index (κ1) is 26.8. The fraction of sp³-hybridized carbons (Fsp3) is 0.290. The molecule has 2 aromatic heterocycles. The summed E-state index contributed by atoms with van der Waals surface area (Å²) in [6, 6.07) is 19.0. The van der Waals surface area contributed by atoms with Gasteiger partial charge >= 0.3 is 0 Å². The molecule has 1 saturated heterocycles. The van der Waals surface area contributed by atoms with Gasteiger partial charge in [-0.05, 0) is 60.0 Å². The summed E-state index contributed by atoms with van der Waals surface area (Å²) >= 11 is 3.60. The van der Waals surface area contributed by atoms with E-state index in [4.69, 9.17) is 9.47 Å². The number of H-pyrrole nitrogens is 1. The molecule has 206 valence electrons. The maximum Gasteiger partial charge on any atom is 0.271 e. The molecule has 0 aliphatic carbocycles. The van der Waals surface area contributed by atoms with Gasteiger partial charge in [0.25, 0.3) is 5.56 Å². The Morgan fingerprint density at radius 2 is 2.05 bits per heavy atom. The SMILES string of the molecule is CCCC(Nc1ccc2c(c1)Sc1cccc(C3CN(c4ccc[nH]c4=O)CCO3)c1S2)c1cncc(OC)c1. The van der Waals surface area contributed by atoms with E-state index in [-0.39, 0.29) is 17.7 Å². The maximum atomic E-state index is 12.4. The largest absolute Gasteiger partial charge is 0.495 e. The summed E-state index contributed by atoms with van der Waals surface area (Å²) in [6.45, 7) is 4.11. The highest BCUT2D eigenvalue weighted by Gasteiger charge is 2.29. The lowest BCUT2D eigenvalue weighted by Gasteiger charge is -2.35. The van der Waals surface area contributed by atoms with Crippen LogP contribution in [-0.2, 0) is 4.74 Å². The molecule has 6 rings (SSSR count). The van der Waals surface area contributed by atoms with Crippen LogP contribution in [0.1, 0.15) is 43.0 Å². The average Bonchev–Trinajstić information content (AvgIpc) is 3.00. The Morgan fingerprint density at radius 1 is 1.12 bits per heavy atom. The minimum absolute atomic E-state index is 0.0645. The lowest BCUT2D eigenvalue weighted by molar-refractivity contribution is 0.0378. The van der Waals surface area contributed by atoms with Gasteiger partial charge in [-0.25, -0.2) is 0 Å². The normalized spacial score (nSPS) is 17.1. The summed E-state index contributed by atoms with van der Waals surface area (Å²) in [4.78, 5) is 26.6. The van der Waals surface area contributed by atoms with Gasteiger partial charge in [0, 0.05) is 50.8 Å². The van der Waals surface area contributed by atoms with E-state index < -0.39 is 0 Å². The predicted molar refractivity (Wildman–Crippen MR) is 161 cm³/mol. The van der Waals surface area contributed by atoms with Crippen molar-refractivity contribution < 1.29 is 9.47 Å². The Morgan fingerprint density at radius 3 is 2.90 bits per heavy atom. The van der Waals surface area contributed by atoms with Crippen LogP contribution in [0.5, 0.6) is 5.75 Å². The molecule has 1 fully saturated rings. The number of benzene rings is 2. The van der Waals surface area contributed by atoms with Crippen molar-refractivity contribution in [2.24, 2.45) is 0 Å². The Kier molecular flexibility index (Phi) is 8.04. The van der Waals surface area contributed by atoms with Gasteiger partial charge < -0.3 is 24.7 Å². The van der Waals surface area contributed by atoms with Crippen molar-refractivity contribution in [2.75, 3.05) is 37.0 Å². The lowest BCUT2D eigenvalue weighted by Crippen LogP contribution is -2.41. The van der Waals surface area contributed by atoms with E-state index in [1.807, 2.05) is 18.3 Å². The Balaban J connectivity index is 1.22. The molecule has 40 heavy (non-hydrogen) atoms. The van der Waals surface area contributed by atoms with E-state index in [1.54, 1.807) is 43.0 Å². The minimum Gasteiger partial charge on any atom is -0.495 e. The van der Waals surface area contributed by atoms with Crippen LogP contribution in [-0.4, -0.2) is 36.8 Å². The summed E-state index contributed by atoms with van der Waals surface area (Å²) in [7, 11) is 1.67. The Hall–Kier alpha value is -3.40. The van der Waals surface area contributed by atoms with Crippen molar-refractivity contribution in [3.05, 3.63) is 94.7 Å². The molecule has 4 heterocycles. The molecule has 0 bridgehead atoms. The summed E-state index contributed by atoms with van der Waals surface area (Å²) in [6.07, 6.45) is 7.27. The van der Waals surface area contributed by atoms with E-state index in [0.29, 0.717) is 25.4 Å². The molecule has 2 aliphatic rings. The van der Waals surface area contributed by atoms with Gasteiger partial charge in [0.15, 0.2) is 0 Å². The zero-order chi connectivity index (χ0) is 27.5. The number of ether oxygens (including phenoxy) is 2. The van der Waals surface area contributed by atoms with E-state index >= 15 is 0 Å². The second-order valence-corrected chi connectivity index (χ2v) is 12.0. The van der Waals surface area contributed by atoms with Crippen LogP contribution in [0.2, 0.25) is 0 Å². The number of pyridine rings is 2. The molecular weight excluding hydrogens is 541 g/mol. The Labute approximate surface area is 242 Å². The van der Waals surface area contributed by atoms with Crippen LogP contribution >= 0.6 is 23.5 Å². The number of rotatable bonds is 8. The lowest BCUT2D eigenvalue weighted by atomic mass is 10.0. The molecule has 9 heteroatoms. The summed E-state index contributed by atoms with van der Waals surface area (Å²) < 4.78 is 11.7. The number of nitrogens with one attached hydrogen (secondary N) is 2. The van der Waals surface area contributed by atoms with Gasteiger partial charge in [0.05, 0.1) is 26.0 Å². The summed E-state index contributed by atoms with van der Waals surface area (Å²) in [5.41, 5.74) is 4.01. The van der Waals surface area contributed by atoms with Crippen LogP contribution in [0.25, 0.3) is 0 Å². The van der Waals surface area contributed by atoms with Crippen molar-refractivity contribution in [2.45, 2.75) is 51.5 Å². The molecule has 0 radical (unpaired) electrons. The van der Waals surface area contributed by atoms with Crippen LogP contribution < -0.4 is 20.5 Å². The van der Waals surface area contributed by atoms with Gasteiger partial charge in [0.2, 0.25) is 0 Å². The van der Waals surface area contributed by atoms with Gasteiger partial charge in [0.1, 0.15) is 17.5 Å². The zero-order valence-corrected chi connectivity index (χ0v) is 24.2. The molecule has 2 atom stereocenters. The highest BCUT2D eigenvalue weighted by atomic mass is 32.2. The van der Waals surface area contributed by atoms with Crippen LogP contribution in [0.4, 0.5) is 11.4 Å². The number of fused-ring (bicyclic) bond motifs is 2. The predicted octanol–water partition coefficient (Wildman–Crippen LogP) is 6.93. The molecule has 2 aromatic carbocycles. The number of hydrogen-bond donors (Lipinski definition) is 2. The van der Waals surface area contributed by atoms with Crippen LogP contribution in [0, 0.1) is 0 Å². The van der Waals surface area contributed by atoms with Crippen LogP contribution in [0.3, 0.4) is 0 Å². The van der Waals surface area contributed by atoms with Gasteiger partial charge in [-0.15, -0.1) is 0 Å². The first-order valence-electron chi connectivity index (χ1n) is 13.6. The standard InChI is InChI=1S/C31H32N4O3S2/c1-3-6-24(20-15-22(37-2)18-32-17-20)34-21-10-11-27-29(16-21)39-28-9-4-7-23(30(28)40-27)26-19-35(13-14-38-26)25-8-5-12-33-31(25)36/h4-5,7-12,15-18,24,26,34H,3,6,13-14,19H2,1-2H3,(H,33,36). The van der Waals surface area contributed by atoms with Crippen molar-refractivity contribution in [3.8, 4) is 5.75 Å². The number of nitrogens with zero attached hydrogens (tertiary/aromatic N) is 2. The van der Waals surface area contributed by atoms with Crippen molar-refractivity contribution >= 4 is 34.9 Å². The molecule has 0 amide bonds. The smallest absolute Gasteiger partial charge is 0.271 e. The number of anilines is 2. The van der Waals surface area contributed by atoms with Gasteiger partial charge in [-0.1, -0.05) is 49.0 Å². The maximum absolute atomic E-state index is 12.4. The molecule has 2 aliphatic heterocycles.